The van der Waals surface area contributed by atoms with Crippen LogP contribution in [0.15, 0.2) is 46.6 Å². The Balaban J connectivity index is 2.17. The van der Waals surface area contributed by atoms with E-state index in [4.69, 9.17) is 0 Å². The molecule has 0 saturated heterocycles. The summed E-state index contributed by atoms with van der Waals surface area (Å²) in [7, 11) is 3.46. The lowest BCUT2D eigenvalue weighted by Gasteiger charge is -2.06. The lowest BCUT2D eigenvalue weighted by molar-refractivity contribution is 0.714. The predicted molar refractivity (Wildman–Crippen MR) is 85.6 cm³/mol. The number of nitrogens with one attached hydrogen (secondary N) is 1. The SMILES string of the molecule is CNc1nc(-c2cc(-c3ccccc3)nn(C)c2=O)cs1. The fourth-order valence-corrected chi connectivity index (χ4v) is 2.73. The second-order valence-electron chi connectivity index (χ2n) is 4.53. The normalized spacial score (nSPS) is 10.6. The maximum Gasteiger partial charge on any atom is 0.276 e. The van der Waals surface area contributed by atoms with Gasteiger partial charge in [-0.05, 0) is 6.07 Å². The maximum atomic E-state index is 12.3. The summed E-state index contributed by atoms with van der Waals surface area (Å²) >= 11 is 1.47. The number of benzene rings is 1. The standard InChI is InChI=1S/C15H14N4OS/c1-16-15-17-13(9-21-15)11-8-12(18-19(2)14(11)20)10-6-4-3-5-7-10/h3-9H,1-2H3,(H,16,17). The fourth-order valence-electron chi connectivity index (χ4n) is 2.05. The molecule has 0 aliphatic rings. The first-order valence-corrected chi connectivity index (χ1v) is 7.34. The number of nitrogens with zero attached hydrogens (tertiary/aromatic N) is 3. The summed E-state index contributed by atoms with van der Waals surface area (Å²) in [6.07, 6.45) is 0. The summed E-state index contributed by atoms with van der Waals surface area (Å²) in [5.74, 6) is 0. The third kappa shape index (κ3) is 2.57. The van der Waals surface area contributed by atoms with Crippen LogP contribution in [-0.4, -0.2) is 21.8 Å². The zero-order chi connectivity index (χ0) is 14.8. The highest BCUT2D eigenvalue weighted by Gasteiger charge is 2.12. The van der Waals surface area contributed by atoms with Gasteiger partial charge >= 0.3 is 0 Å². The largest absolute Gasteiger partial charge is 0.365 e. The van der Waals surface area contributed by atoms with Crippen LogP contribution in [-0.2, 0) is 7.05 Å². The van der Waals surface area contributed by atoms with Gasteiger partial charge in [0.2, 0.25) is 0 Å². The van der Waals surface area contributed by atoms with Crippen molar-refractivity contribution in [2.45, 2.75) is 0 Å². The van der Waals surface area contributed by atoms with Crippen molar-refractivity contribution in [3.05, 3.63) is 52.1 Å². The Morgan fingerprint density at radius 2 is 1.95 bits per heavy atom. The van der Waals surface area contributed by atoms with Gasteiger partial charge in [0, 0.05) is 25.0 Å². The number of aromatic nitrogens is 3. The molecule has 0 unspecified atom stereocenters. The van der Waals surface area contributed by atoms with Crippen LogP contribution in [0.2, 0.25) is 0 Å². The van der Waals surface area contributed by atoms with E-state index in [0.29, 0.717) is 11.3 Å². The monoisotopic (exact) mass is 298 g/mol. The Labute approximate surface area is 125 Å². The van der Waals surface area contributed by atoms with Gasteiger partial charge in [-0.1, -0.05) is 30.3 Å². The van der Waals surface area contributed by atoms with Crippen molar-refractivity contribution in [1.82, 2.24) is 14.8 Å². The molecule has 0 spiro atoms. The number of hydrogen-bond donors (Lipinski definition) is 1. The summed E-state index contributed by atoms with van der Waals surface area (Å²) in [6, 6.07) is 11.6. The molecule has 21 heavy (non-hydrogen) atoms. The molecule has 0 fully saturated rings. The Kier molecular flexibility index (Phi) is 3.53. The molecule has 6 heteroatoms. The lowest BCUT2D eigenvalue weighted by Crippen LogP contribution is -2.21. The van der Waals surface area contributed by atoms with Crippen LogP contribution in [0, 0.1) is 0 Å². The molecule has 0 saturated carbocycles. The Bertz CT molecular complexity index is 823. The van der Waals surface area contributed by atoms with Gasteiger partial charge in [0.05, 0.1) is 17.0 Å². The molecule has 1 aromatic carbocycles. The van der Waals surface area contributed by atoms with E-state index in [1.54, 1.807) is 13.1 Å². The molecule has 0 atom stereocenters. The number of anilines is 1. The van der Waals surface area contributed by atoms with Crippen molar-refractivity contribution < 1.29 is 0 Å². The van der Waals surface area contributed by atoms with Crippen LogP contribution in [0.3, 0.4) is 0 Å². The average molecular weight is 298 g/mol. The van der Waals surface area contributed by atoms with Gasteiger partial charge in [0.25, 0.3) is 5.56 Å². The molecule has 2 heterocycles. The zero-order valence-electron chi connectivity index (χ0n) is 11.7. The van der Waals surface area contributed by atoms with Crippen molar-refractivity contribution in [2.24, 2.45) is 7.05 Å². The van der Waals surface area contributed by atoms with E-state index < -0.39 is 0 Å². The van der Waals surface area contributed by atoms with Crippen molar-refractivity contribution in [3.63, 3.8) is 0 Å². The van der Waals surface area contributed by atoms with Gasteiger partial charge in [-0.15, -0.1) is 11.3 Å². The van der Waals surface area contributed by atoms with Crippen molar-refractivity contribution in [2.75, 3.05) is 12.4 Å². The molecule has 2 aromatic heterocycles. The second kappa shape index (κ2) is 5.49. The first kappa shape index (κ1) is 13.5. The highest BCUT2D eigenvalue weighted by Crippen LogP contribution is 2.25. The van der Waals surface area contributed by atoms with Crippen LogP contribution < -0.4 is 10.9 Å². The van der Waals surface area contributed by atoms with Crippen LogP contribution >= 0.6 is 11.3 Å². The van der Waals surface area contributed by atoms with Crippen LogP contribution in [0.1, 0.15) is 0 Å². The lowest BCUT2D eigenvalue weighted by atomic mass is 10.1. The van der Waals surface area contributed by atoms with Gasteiger partial charge in [0.1, 0.15) is 0 Å². The van der Waals surface area contributed by atoms with E-state index in [2.05, 4.69) is 15.4 Å². The van der Waals surface area contributed by atoms with Crippen molar-refractivity contribution >= 4 is 16.5 Å². The van der Waals surface area contributed by atoms with Gasteiger partial charge in [-0.25, -0.2) is 9.67 Å². The molecule has 0 amide bonds. The molecule has 0 aliphatic heterocycles. The summed E-state index contributed by atoms with van der Waals surface area (Å²) in [4.78, 5) is 16.7. The minimum Gasteiger partial charge on any atom is -0.365 e. The Hall–Kier alpha value is -2.47. The quantitative estimate of drug-likeness (QED) is 0.807. The molecule has 0 bridgehead atoms. The summed E-state index contributed by atoms with van der Waals surface area (Å²) < 4.78 is 1.36. The van der Waals surface area contributed by atoms with Crippen molar-refractivity contribution in [3.8, 4) is 22.5 Å². The van der Waals surface area contributed by atoms with Crippen LogP contribution in [0.5, 0.6) is 0 Å². The maximum absolute atomic E-state index is 12.3. The van der Waals surface area contributed by atoms with E-state index in [1.165, 1.54) is 16.0 Å². The van der Waals surface area contributed by atoms with Crippen LogP contribution in [0.25, 0.3) is 22.5 Å². The van der Waals surface area contributed by atoms with Gasteiger partial charge < -0.3 is 5.32 Å². The van der Waals surface area contributed by atoms with Gasteiger partial charge in [-0.3, -0.25) is 4.79 Å². The smallest absolute Gasteiger partial charge is 0.276 e. The molecule has 1 N–H and O–H groups in total. The first-order chi connectivity index (χ1) is 10.2. The Morgan fingerprint density at radius 1 is 1.19 bits per heavy atom. The summed E-state index contributed by atoms with van der Waals surface area (Å²) in [5.41, 5.74) is 2.81. The summed E-state index contributed by atoms with van der Waals surface area (Å²) in [6.45, 7) is 0. The number of rotatable bonds is 3. The average Bonchev–Trinajstić information content (AvgIpc) is 2.99. The third-order valence-electron chi connectivity index (χ3n) is 3.13. The molecule has 3 rings (SSSR count). The molecule has 0 radical (unpaired) electrons. The molecule has 3 aromatic rings. The predicted octanol–water partition coefficient (Wildman–Crippen LogP) is 2.61. The number of aryl methyl sites for hydroxylation is 1. The summed E-state index contributed by atoms with van der Waals surface area (Å²) in [5, 5.41) is 9.96. The zero-order valence-corrected chi connectivity index (χ0v) is 12.5. The van der Waals surface area contributed by atoms with Gasteiger partial charge in [0.15, 0.2) is 5.13 Å². The minimum atomic E-state index is -0.150. The van der Waals surface area contributed by atoms with E-state index in [-0.39, 0.29) is 5.56 Å². The molecule has 0 aliphatic carbocycles. The van der Waals surface area contributed by atoms with Gasteiger partial charge in [-0.2, -0.15) is 5.10 Å². The van der Waals surface area contributed by atoms with E-state index in [0.717, 1.165) is 16.4 Å². The highest BCUT2D eigenvalue weighted by molar-refractivity contribution is 7.14. The van der Waals surface area contributed by atoms with E-state index in [9.17, 15) is 4.79 Å². The molecule has 5 nitrogen and oxygen atoms in total. The first-order valence-electron chi connectivity index (χ1n) is 6.46. The molecule has 106 valence electrons. The topological polar surface area (TPSA) is 59.8 Å². The van der Waals surface area contributed by atoms with E-state index in [1.807, 2.05) is 42.8 Å². The molecular weight excluding hydrogens is 284 g/mol. The second-order valence-corrected chi connectivity index (χ2v) is 5.38. The Morgan fingerprint density at radius 3 is 2.62 bits per heavy atom. The fraction of sp³-hybridized carbons (Fsp3) is 0.133. The highest BCUT2D eigenvalue weighted by atomic mass is 32.1. The third-order valence-corrected chi connectivity index (χ3v) is 3.99. The van der Waals surface area contributed by atoms with Crippen molar-refractivity contribution in [1.29, 1.82) is 0 Å². The molecular formula is C15H14N4OS. The number of thiazole rings is 1. The number of hydrogen-bond acceptors (Lipinski definition) is 5. The minimum absolute atomic E-state index is 0.150. The van der Waals surface area contributed by atoms with E-state index >= 15 is 0 Å². The van der Waals surface area contributed by atoms with Crippen LogP contribution in [0.4, 0.5) is 5.13 Å².